The standard InChI is InChI=1S/C16H22N2O2/c19-16(10-13-2-1-6-17-11-13)18-7-3-14(4-8-18)15-5-9-20-12-15/h1-2,6,11,14-15H,3-5,7-10,12H2. The van der Waals surface area contributed by atoms with E-state index in [1.165, 1.54) is 6.42 Å². The van der Waals surface area contributed by atoms with Crippen LogP contribution in [0.3, 0.4) is 0 Å². The first kappa shape index (κ1) is 13.6. The largest absolute Gasteiger partial charge is 0.381 e. The van der Waals surface area contributed by atoms with Crippen molar-refractivity contribution in [2.75, 3.05) is 26.3 Å². The van der Waals surface area contributed by atoms with Crippen molar-refractivity contribution in [2.45, 2.75) is 25.7 Å². The van der Waals surface area contributed by atoms with Gasteiger partial charge in [0, 0.05) is 38.7 Å². The van der Waals surface area contributed by atoms with Gasteiger partial charge in [0.15, 0.2) is 0 Å². The molecule has 2 fully saturated rings. The highest BCUT2D eigenvalue weighted by Crippen LogP contribution is 2.30. The highest BCUT2D eigenvalue weighted by atomic mass is 16.5. The number of carbonyl (C=O) groups excluding carboxylic acids is 1. The summed E-state index contributed by atoms with van der Waals surface area (Å²) in [6.45, 7) is 3.65. The number of aromatic nitrogens is 1. The number of piperidine rings is 1. The molecule has 2 aliphatic heterocycles. The van der Waals surface area contributed by atoms with Crippen molar-refractivity contribution in [2.24, 2.45) is 11.8 Å². The van der Waals surface area contributed by atoms with Crippen LogP contribution >= 0.6 is 0 Å². The van der Waals surface area contributed by atoms with Gasteiger partial charge in [-0.05, 0) is 42.7 Å². The minimum atomic E-state index is 0.235. The lowest BCUT2D eigenvalue weighted by atomic mass is 9.84. The second kappa shape index (κ2) is 6.35. The van der Waals surface area contributed by atoms with Crippen LogP contribution in [0.1, 0.15) is 24.8 Å². The number of likely N-dealkylation sites (tertiary alicyclic amines) is 1. The van der Waals surface area contributed by atoms with E-state index in [-0.39, 0.29) is 5.91 Å². The van der Waals surface area contributed by atoms with Gasteiger partial charge in [-0.3, -0.25) is 9.78 Å². The molecule has 0 aromatic carbocycles. The van der Waals surface area contributed by atoms with Gasteiger partial charge in [-0.25, -0.2) is 0 Å². The highest BCUT2D eigenvalue weighted by molar-refractivity contribution is 5.78. The van der Waals surface area contributed by atoms with Crippen LogP contribution in [-0.4, -0.2) is 42.1 Å². The zero-order valence-corrected chi connectivity index (χ0v) is 11.8. The molecule has 2 aliphatic rings. The summed E-state index contributed by atoms with van der Waals surface area (Å²) in [7, 11) is 0. The molecule has 2 saturated heterocycles. The van der Waals surface area contributed by atoms with E-state index >= 15 is 0 Å². The van der Waals surface area contributed by atoms with Gasteiger partial charge in [0.05, 0.1) is 6.42 Å². The molecule has 4 nitrogen and oxygen atoms in total. The molecule has 4 heteroatoms. The van der Waals surface area contributed by atoms with E-state index in [9.17, 15) is 4.79 Å². The van der Waals surface area contributed by atoms with Crippen molar-refractivity contribution in [3.05, 3.63) is 30.1 Å². The molecular weight excluding hydrogens is 252 g/mol. The summed E-state index contributed by atoms with van der Waals surface area (Å²) in [5, 5.41) is 0. The molecule has 1 amide bonds. The predicted molar refractivity (Wildman–Crippen MR) is 76.2 cm³/mol. The number of hydrogen-bond acceptors (Lipinski definition) is 3. The van der Waals surface area contributed by atoms with E-state index < -0.39 is 0 Å². The first-order valence-corrected chi connectivity index (χ1v) is 7.57. The van der Waals surface area contributed by atoms with Crippen molar-refractivity contribution >= 4 is 5.91 Å². The Morgan fingerprint density at radius 2 is 2.15 bits per heavy atom. The van der Waals surface area contributed by atoms with Gasteiger partial charge in [-0.1, -0.05) is 6.07 Å². The zero-order valence-electron chi connectivity index (χ0n) is 11.8. The summed E-state index contributed by atoms with van der Waals surface area (Å²) in [5.74, 6) is 1.71. The predicted octanol–water partition coefficient (Wildman–Crippen LogP) is 1.90. The van der Waals surface area contributed by atoms with Gasteiger partial charge in [0.2, 0.25) is 5.91 Å². The van der Waals surface area contributed by atoms with Crippen LogP contribution in [0.2, 0.25) is 0 Å². The highest BCUT2D eigenvalue weighted by Gasteiger charge is 2.30. The second-order valence-electron chi connectivity index (χ2n) is 5.88. The van der Waals surface area contributed by atoms with E-state index in [1.807, 2.05) is 17.0 Å². The maximum Gasteiger partial charge on any atom is 0.227 e. The minimum absolute atomic E-state index is 0.235. The van der Waals surface area contributed by atoms with E-state index in [1.54, 1.807) is 12.4 Å². The summed E-state index contributed by atoms with van der Waals surface area (Å²) in [6.07, 6.45) is 7.46. The molecule has 0 saturated carbocycles. The van der Waals surface area contributed by atoms with Gasteiger partial charge >= 0.3 is 0 Å². The van der Waals surface area contributed by atoms with Gasteiger partial charge < -0.3 is 9.64 Å². The van der Waals surface area contributed by atoms with Crippen molar-refractivity contribution < 1.29 is 9.53 Å². The fraction of sp³-hybridized carbons (Fsp3) is 0.625. The molecule has 0 spiro atoms. The Kier molecular flexibility index (Phi) is 4.31. The quantitative estimate of drug-likeness (QED) is 0.845. The van der Waals surface area contributed by atoms with E-state index in [2.05, 4.69) is 4.98 Å². The third-order valence-corrected chi connectivity index (χ3v) is 4.60. The van der Waals surface area contributed by atoms with Crippen molar-refractivity contribution in [3.8, 4) is 0 Å². The summed E-state index contributed by atoms with van der Waals surface area (Å²) >= 11 is 0. The number of amides is 1. The van der Waals surface area contributed by atoms with Crippen molar-refractivity contribution in [1.29, 1.82) is 0 Å². The molecule has 3 rings (SSSR count). The number of pyridine rings is 1. The van der Waals surface area contributed by atoms with Crippen LogP contribution in [0, 0.1) is 11.8 Å². The minimum Gasteiger partial charge on any atom is -0.381 e. The van der Waals surface area contributed by atoms with Crippen molar-refractivity contribution in [1.82, 2.24) is 9.88 Å². The van der Waals surface area contributed by atoms with Gasteiger partial charge in [-0.2, -0.15) is 0 Å². The van der Waals surface area contributed by atoms with Crippen LogP contribution in [0.4, 0.5) is 0 Å². The van der Waals surface area contributed by atoms with Crippen LogP contribution in [-0.2, 0) is 16.0 Å². The molecule has 20 heavy (non-hydrogen) atoms. The van der Waals surface area contributed by atoms with Crippen molar-refractivity contribution in [3.63, 3.8) is 0 Å². The Balaban J connectivity index is 1.49. The summed E-state index contributed by atoms with van der Waals surface area (Å²) < 4.78 is 5.48. The van der Waals surface area contributed by atoms with E-state index in [0.29, 0.717) is 6.42 Å². The van der Waals surface area contributed by atoms with Crippen LogP contribution in [0.5, 0.6) is 0 Å². The third kappa shape index (κ3) is 3.18. The fourth-order valence-corrected chi connectivity index (χ4v) is 3.33. The number of nitrogens with zero attached hydrogens (tertiary/aromatic N) is 2. The Hall–Kier alpha value is -1.42. The molecule has 1 aromatic heterocycles. The van der Waals surface area contributed by atoms with Gasteiger partial charge in [0.25, 0.3) is 0 Å². The number of ether oxygens (including phenoxy) is 1. The first-order chi connectivity index (χ1) is 9.83. The molecule has 0 N–H and O–H groups in total. The molecule has 0 bridgehead atoms. The van der Waals surface area contributed by atoms with Crippen LogP contribution in [0.25, 0.3) is 0 Å². The normalized spacial score (nSPS) is 24.0. The maximum atomic E-state index is 12.3. The molecule has 1 unspecified atom stereocenters. The summed E-state index contributed by atoms with van der Waals surface area (Å²) in [4.78, 5) is 18.3. The summed E-state index contributed by atoms with van der Waals surface area (Å²) in [6, 6.07) is 3.85. The molecule has 1 aromatic rings. The summed E-state index contributed by atoms with van der Waals surface area (Å²) in [5.41, 5.74) is 1.00. The Labute approximate surface area is 120 Å². The third-order valence-electron chi connectivity index (χ3n) is 4.60. The lowest BCUT2D eigenvalue weighted by molar-refractivity contribution is -0.132. The van der Waals surface area contributed by atoms with E-state index in [4.69, 9.17) is 4.74 Å². The van der Waals surface area contributed by atoms with Crippen LogP contribution in [0.15, 0.2) is 24.5 Å². The molecule has 0 radical (unpaired) electrons. The first-order valence-electron chi connectivity index (χ1n) is 7.57. The SMILES string of the molecule is O=C(Cc1cccnc1)N1CCC(C2CCOC2)CC1. The Bertz CT molecular complexity index is 435. The average Bonchev–Trinajstić information content (AvgIpc) is 3.03. The topological polar surface area (TPSA) is 42.4 Å². The number of hydrogen-bond donors (Lipinski definition) is 0. The molecule has 108 valence electrons. The fourth-order valence-electron chi connectivity index (χ4n) is 3.33. The number of carbonyl (C=O) groups is 1. The van der Waals surface area contributed by atoms with Gasteiger partial charge in [-0.15, -0.1) is 0 Å². The molecule has 1 atom stereocenters. The maximum absolute atomic E-state index is 12.3. The smallest absolute Gasteiger partial charge is 0.227 e. The Morgan fingerprint density at radius 1 is 1.30 bits per heavy atom. The zero-order chi connectivity index (χ0) is 13.8. The molecule has 3 heterocycles. The Morgan fingerprint density at radius 3 is 2.80 bits per heavy atom. The second-order valence-corrected chi connectivity index (χ2v) is 5.88. The number of rotatable bonds is 3. The monoisotopic (exact) mass is 274 g/mol. The lowest BCUT2D eigenvalue weighted by Gasteiger charge is -2.34. The molecular formula is C16H22N2O2. The van der Waals surface area contributed by atoms with E-state index in [0.717, 1.165) is 56.5 Å². The molecule has 0 aliphatic carbocycles. The van der Waals surface area contributed by atoms with Gasteiger partial charge in [0.1, 0.15) is 0 Å². The lowest BCUT2D eigenvalue weighted by Crippen LogP contribution is -2.40. The van der Waals surface area contributed by atoms with Crippen LogP contribution < -0.4 is 0 Å². The average molecular weight is 274 g/mol.